The summed E-state index contributed by atoms with van der Waals surface area (Å²) in [6.45, 7) is 0.179. The average molecular weight is 422 g/mol. The minimum absolute atomic E-state index is 0.139. The van der Waals surface area contributed by atoms with Gasteiger partial charge in [-0.15, -0.1) is 0 Å². The molecule has 0 N–H and O–H groups in total. The normalized spacial score (nSPS) is 14.1. The topological polar surface area (TPSA) is 18.5 Å². The van der Waals surface area contributed by atoms with E-state index in [0.29, 0.717) is 16.8 Å². The molecule has 0 aliphatic rings. The SMILES string of the molecule is CCCO[Si](OCC(F)(F)C(F)C(F)(F)F)(c1ccccc1)c1ccccc1. The maximum Gasteiger partial charge on any atom is 0.425 e. The molecule has 0 spiro atoms. The van der Waals surface area contributed by atoms with Crippen molar-refractivity contribution in [2.75, 3.05) is 13.2 Å². The van der Waals surface area contributed by atoms with Crippen LogP contribution in [0.1, 0.15) is 13.3 Å². The molecule has 0 bridgehead atoms. The van der Waals surface area contributed by atoms with Gasteiger partial charge in [-0.3, -0.25) is 0 Å². The summed E-state index contributed by atoms with van der Waals surface area (Å²) in [5.41, 5.74) is 0. The van der Waals surface area contributed by atoms with Gasteiger partial charge in [0.25, 0.3) is 6.17 Å². The Balaban J connectivity index is 2.46. The van der Waals surface area contributed by atoms with E-state index in [1.807, 2.05) is 0 Å². The highest BCUT2D eigenvalue weighted by molar-refractivity contribution is 6.92. The van der Waals surface area contributed by atoms with Crippen molar-refractivity contribution in [1.82, 2.24) is 0 Å². The maximum absolute atomic E-state index is 13.9. The molecule has 1 atom stereocenters. The van der Waals surface area contributed by atoms with Crippen molar-refractivity contribution in [3.63, 3.8) is 0 Å². The Hall–Kier alpha value is -1.84. The number of hydrogen-bond acceptors (Lipinski definition) is 2. The zero-order chi connectivity index (χ0) is 20.8. The zero-order valence-electron chi connectivity index (χ0n) is 15.1. The van der Waals surface area contributed by atoms with Crippen LogP contribution in [0.3, 0.4) is 0 Å². The Morgan fingerprint density at radius 3 is 1.68 bits per heavy atom. The van der Waals surface area contributed by atoms with Crippen LogP contribution in [0.4, 0.5) is 26.3 Å². The van der Waals surface area contributed by atoms with Gasteiger partial charge in [-0.1, -0.05) is 67.6 Å². The lowest BCUT2D eigenvalue weighted by Gasteiger charge is -2.33. The van der Waals surface area contributed by atoms with Crippen LogP contribution in [0.15, 0.2) is 60.7 Å². The molecular weight excluding hydrogens is 402 g/mol. The van der Waals surface area contributed by atoms with E-state index < -0.39 is 33.4 Å². The lowest BCUT2D eigenvalue weighted by molar-refractivity contribution is -0.251. The molecule has 0 saturated heterocycles. The van der Waals surface area contributed by atoms with Crippen molar-refractivity contribution in [3.05, 3.63) is 60.7 Å². The summed E-state index contributed by atoms with van der Waals surface area (Å²) in [6, 6.07) is 16.4. The fourth-order valence-electron chi connectivity index (χ4n) is 2.61. The van der Waals surface area contributed by atoms with Crippen molar-refractivity contribution in [2.24, 2.45) is 0 Å². The summed E-state index contributed by atoms with van der Waals surface area (Å²) < 4.78 is 90.0. The van der Waals surface area contributed by atoms with Crippen LogP contribution in [0.25, 0.3) is 0 Å². The van der Waals surface area contributed by atoms with Gasteiger partial charge in [0.1, 0.15) is 6.61 Å². The predicted molar refractivity (Wildman–Crippen MR) is 96.0 cm³/mol. The third-order valence-corrected chi connectivity index (χ3v) is 7.29. The van der Waals surface area contributed by atoms with E-state index in [9.17, 15) is 26.3 Å². The summed E-state index contributed by atoms with van der Waals surface area (Å²) in [5.74, 6) is -4.75. The van der Waals surface area contributed by atoms with Crippen LogP contribution in [-0.4, -0.2) is 40.0 Å². The molecule has 9 heteroatoms. The van der Waals surface area contributed by atoms with Gasteiger partial charge < -0.3 is 8.85 Å². The third kappa shape index (κ3) is 5.15. The molecule has 28 heavy (non-hydrogen) atoms. The first kappa shape index (κ1) is 22.4. The quantitative estimate of drug-likeness (QED) is 0.445. The number of rotatable bonds is 9. The molecular formula is C19H20F6O2Si. The Morgan fingerprint density at radius 1 is 0.821 bits per heavy atom. The van der Waals surface area contributed by atoms with Crippen molar-refractivity contribution >= 4 is 18.9 Å². The molecule has 1 unspecified atom stereocenters. The molecule has 0 heterocycles. The van der Waals surface area contributed by atoms with Gasteiger partial charge in [0.2, 0.25) is 0 Å². The molecule has 0 fully saturated rings. The molecule has 0 aliphatic heterocycles. The maximum atomic E-state index is 13.9. The second-order valence-electron chi connectivity index (χ2n) is 6.15. The van der Waals surface area contributed by atoms with Gasteiger partial charge in [0.05, 0.1) is 0 Å². The van der Waals surface area contributed by atoms with Crippen molar-refractivity contribution in [1.29, 1.82) is 0 Å². The second-order valence-corrected chi connectivity index (χ2v) is 9.12. The highest BCUT2D eigenvalue weighted by Gasteiger charge is 2.58. The number of benzene rings is 2. The zero-order valence-corrected chi connectivity index (χ0v) is 16.1. The predicted octanol–water partition coefficient (Wildman–Crippen LogP) is 4.22. The van der Waals surface area contributed by atoms with E-state index in [1.54, 1.807) is 67.6 Å². The number of alkyl halides is 6. The van der Waals surface area contributed by atoms with Crippen LogP contribution in [0, 0.1) is 0 Å². The molecule has 0 radical (unpaired) electrons. The highest BCUT2D eigenvalue weighted by atomic mass is 28.4. The lowest BCUT2D eigenvalue weighted by Crippen LogP contribution is -2.65. The van der Waals surface area contributed by atoms with Gasteiger partial charge in [-0.2, -0.15) is 13.2 Å². The summed E-state index contributed by atoms with van der Waals surface area (Å²) in [4.78, 5) is 0. The van der Waals surface area contributed by atoms with Crippen LogP contribution in [0.2, 0.25) is 0 Å². The van der Waals surface area contributed by atoms with Gasteiger partial charge in [-0.25, -0.2) is 13.2 Å². The first-order chi connectivity index (χ1) is 13.1. The summed E-state index contributed by atoms with van der Waals surface area (Å²) in [5, 5.41) is 0.876. The molecule has 2 nitrogen and oxygen atoms in total. The number of hydrogen-bond donors (Lipinski definition) is 0. The highest BCUT2D eigenvalue weighted by Crippen LogP contribution is 2.35. The van der Waals surface area contributed by atoms with E-state index in [1.165, 1.54) is 0 Å². The molecule has 0 aromatic heterocycles. The fourth-order valence-corrected chi connectivity index (χ4v) is 5.85. The van der Waals surface area contributed by atoms with E-state index in [0.717, 1.165) is 0 Å². The molecule has 0 saturated carbocycles. The summed E-state index contributed by atoms with van der Waals surface area (Å²) in [6.07, 6.45) is -9.49. The Morgan fingerprint density at radius 2 is 1.29 bits per heavy atom. The van der Waals surface area contributed by atoms with Crippen molar-refractivity contribution in [2.45, 2.75) is 31.6 Å². The van der Waals surface area contributed by atoms with Crippen LogP contribution >= 0.6 is 0 Å². The molecule has 0 aliphatic carbocycles. The van der Waals surface area contributed by atoms with E-state index in [-0.39, 0.29) is 6.61 Å². The Labute approximate surface area is 160 Å². The van der Waals surface area contributed by atoms with Crippen molar-refractivity contribution < 1.29 is 35.2 Å². The van der Waals surface area contributed by atoms with Gasteiger partial charge in [-0.05, 0) is 16.8 Å². The molecule has 0 amide bonds. The first-order valence-electron chi connectivity index (χ1n) is 8.61. The van der Waals surface area contributed by atoms with E-state index >= 15 is 0 Å². The van der Waals surface area contributed by atoms with Gasteiger partial charge in [0, 0.05) is 6.61 Å². The van der Waals surface area contributed by atoms with Crippen LogP contribution in [-0.2, 0) is 8.85 Å². The van der Waals surface area contributed by atoms with Gasteiger partial charge >= 0.3 is 20.7 Å². The fraction of sp³-hybridized carbons (Fsp3) is 0.368. The lowest BCUT2D eigenvalue weighted by atomic mass is 10.2. The first-order valence-corrected chi connectivity index (χ1v) is 10.4. The standard InChI is InChI=1S/C19H20F6O2Si/c1-2-13-26-28(15-9-5-3-6-10-15,16-11-7-4-8-12-16)27-14-18(21,22)17(20)19(23,24)25/h3-12,17H,2,13-14H2,1H3. The summed E-state index contributed by atoms with van der Waals surface area (Å²) in [7, 11) is -3.80. The summed E-state index contributed by atoms with van der Waals surface area (Å²) >= 11 is 0. The minimum atomic E-state index is -5.69. The minimum Gasteiger partial charge on any atom is -0.388 e. The van der Waals surface area contributed by atoms with E-state index in [4.69, 9.17) is 8.85 Å². The van der Waals surface area contributed by atoms with Crippen molar-refractivity contribution in [3.8, 4) is 0 Å². The molecule has 154 valence electrons. The molecule has 2 aromatic rings. The Kier molecular flexibility index (Phi) is 7.30. The van der Waals surface area contributed by atoms with Crippen LogP contribution < -0.4 is 10.4 Å². The van der Waals surface area contributed by atoms with E-state index in [2.05, 4.69) is 0 Å². The average Bonchev–Trinajstić information content (AvgIpc) is 2.68. The second kappa shape index (κ2) is 9.10. The monoisotopic (exact) mass is 422 g/mol. The van der Waals surface area contributed by atoms with Gasteiger partial charge in [0.15, 0.2) is 0 Å². The molecule has 2 rings (SSSR count). The Bertz CT molecular complexity index is 685. The van der Waals surface area contributed by atoms with Crippen LogP contribution in [0.5, 0.6) is 0 Å². The molecule has 2 aromatic carbocycles. The largest absolute Gasteiger partial charge is 0.425 e. The number of halogens is 6. The smallest absolute Gasteiger partial charge is 0.388 e. The third-order valence-electron chi connectivity index (χ3n) is 3.94.